The van der Waals surface area contributed by atoms with Gasteiger partial charge in [-0.2, -0.15) is 13.2 Å². The van der Waals surface area contributed by atoms with E-state index in [-0.39, 0.29) is 18.0 Å². The maximum absolute atomic E-state index is 13.1. The number of benzene rings is 2. The third-order valence-electron chi connectivity index (χ3n) is 5.82. The molecule has 0 unspecified atom stereocenters. The summed E-state index contributed by atoms with van der Waals surface area (Å²) in [6, 6.07) is 12.8. The van der Waals surface area contributed by atoms with Crippen LogP contribution in [0.5, 0.6) is 0 Å². The van der Waals surface area contributed by atoms with E-state index >= 15 is 0 Å². The maximum Gasteiger partial charge on any atom is 0.416 e. The quantitative estimate of drug-likeness (QED) is 0.502. The highest BCUT2D eigenvalue weighted by atomic mass is 19.4. The highest BCUT2D eigenvalue weighted by molar-refractivity contribution is 6.06. The third kappa shape index (κ3) is 6.17. The summed E-state index contributed by atoms with van der Waals surface area (Å²) in [5.41, 5.74) is 1.28. The number of alkyl halides is 3. The van der Waals surface area contributed by atoms with Crippen molar-refractivity contribution >= 4 is 23.2 Å². The Balaban J connectivity index is 1.57. The molecule has 1 fully saturated rings. The molecule has 182 valence electrons. The van der Waals surface area contributed by atoms with Crippen molar-refractivity contribution in [2.24, 2.45) is 0 Å². The molecule has 0 spiro atoms. The van der Waals surface area contributed by atoms with Gasteiger partial charge < -0.3 is 15.5 Å². The van der Waals surface area contributed by atoms with Gasteiger partial charge in [-0.25, -0.2) is 0 Å². The molecule has 9 heteroatoms. The molecule has 1 saturated heterocycles. The molecule has 0 saturated carbocycles. The van der Waals surface area contributed by atoms with E-state index in [0.29, 0.717) is 11.3 Å². The molecule has 2 N–H and O–H groups in total. The summed E-state index contributed by atoms with van der Waals surface area (Å²) in [6.07, 6.45) is 1.93. The summed E-state index contributed by atoms with van der Waals surface area (Å²) in [7, 11) is 0. The van der Waals surface area contributed by atoms with Crippen molar-refractivity contribution < 1.29 is 22.8 Å². The van der Waals surface area contributed by atoms with Crippen LogP contribution in [0.2, 0.25) is 0 Å². The fraction of sp³-hybridized carbons (Fsp3) is 0.269. The minimum absolute atomic E-state index is 0.123. The molecular formula is C26H25F3N4O2. The van der Waals surface area contributed by atoms with E-state index in [1.165, 1.54) is 12.1 Å². The first-order valence-corrected chi connectivity index (χ1v) is 11.4. The molecule has 4 rings (SSSR count). The Morgan fingerprint density at radius 2 is 1.74 bits per heavy atom. The minimum Gasteiger partial charge on any atom is -0.371 e. The predicted octanol–water partition coefficient (Wildman–Crippen LogP) is 5.27. The van der Waals surface area contributed by atoms with Crippen LogP contribution in [0.1, 0.15) is 51.1 Å². The molecule has 1 aliphatic heterocycles. The first-order valence-electron chi connectivity index (χ1n) is 11.4. The number of anilines is 2. The van der Waals surface area contributed by atoms with Crippen molar-refractivity contribution in [2.75, 3.05) is 23.3 Å². The van der Waals surface area contributed by atoms with Crippen molar-refractivity contribution in [3.63, 3.8) is 0 Å². The second-order valence-electron chi connectivity index (χ2n) is 8.36. The van der Waals surface area contributed by atoms with Crippen molar-refractivity contribution in [1.82, 2.24) is 10.3 Å². The number of amides is 2. The average Bonchev–Trinajstić information content (AvgIpc) is 2.88. The number of aromatic nitrogens is 1. The van der Waals surface area contributed by atoms with Crippen LogP contribution in [-0.4, -0.2) is 29.9 Å². The SMILES string of the molecule is O=C(Nc1ccc(N2CCCCC2)c(C(=O)NCc2cccnc2)c1)c1cccc(C(F)(F)F)c1. The third-order valence-corrected chi connectivity index (χ3v) is 5.82. The number of hydrogen-bond donors (Lipinski definition) is 2. The first kappa shape index (κ1) is 24.3. The summed E-state index contributed by atoms with van der Waals surface area (Å²) < 4.78 is 39.1. The Bertz CT molecular complexity index is 1190. The molecule has 3 aromatic rings. The van der Waals surface area contributed by atoms with Crippen LogP contribution in [-0.2, 0) is 12.7 Å². The van der Waals surface area contributed by atoms with E-state index in [9.17, 15) is 22.8 Å². The van der Waals surface area contributed by atoms with Gasteiger partial charge in [0.2, 0.25) is 0 Å². The molecular weight excluding hydrogens is 457 g/mol. The van der Waals surface area contributed by atoms with Crippen molar-refractivity contribution in [3.05, 3.63) is 89.2 Å². The van der Waals surface area contributed by atoms with Gasteiger partial charge in [0.15, 0.2) is 0 Å². The van der Waals surface area contributed by atoms with Crippen molar-refractivity contribution in [1.29, 1.82) is 0 Å². The predicted molar refractivity (Wildman–Crippen MR) is 127 cm³/mol. The van der Waals surface area contributed by atoms with E-state index < -0.39 is 17.6 Å². The lowest BCUT2D eigenvalue weighted by Gasteiger charge is -2.30. The van der Waals surface area contributed by atoms with Crippen molar-refractivity contribution in [3.8, 4) is 0 Å². The number of rotatable bonds is 6. The summed E-state index contributed by atoms with van der Waals surface area (Å²) in [5.74, 6) is -1.01. The van der Waals surface area contributed by atoms with E-state index in [1.54, 1.807) is 36.7 Å². The van der Waals surface area contributed by atoms with E-state index in [1.807, 2.05) is 6.07 Å². The number of hydrogen-bond acceptors (Lipinski definition) is 4. The lowest BCUT2D eigenvalue weighted by atomic mass is 10.1. The van der Waals surface area contributed by atoms with E-state index in [2.05, 4.69) is 20.5 Å². The topological polar surface area (TPSA) is 74.3 Å². The average molecular weight is 483 g/mol. The highest BCUT2D eigenvalue weighted by Crippen LogP contribution is 2.30. The molecule has 2 aromatic carbocycles. The van der Waals surface area contributed by atoms with Gasteiger partial charge >= 0.3 is 6.18 Å². The van der Waals surface area contributed by atoms with Crippen LogP contribution in [0.3, 0.4) is 0 Å². The van der Waals surface area contributed by atoms with Crippen LogP contribution in [0.25, 0.3) is 0 Å². The van der Waals surface area contributed by atoms with Gasteiger partial charge in [0.05, 0.1) is 11.1 Å². The lowest BCUT2D eigenvalue weighted by Crippen LogP contribution is -2.32. The molecule has 2 amide bonds. The number of nitrogens with one attached hydrogen (secondary N) is 2. The van der Waals surface area contributed by atoms with Gasteiger partial charge in [-0.1, -0.05) is 12.1 Å². The van der Waals surface area contributed by atoms with Crippen LogP contribution in [0, 0.1) is 0 Å². The Kier molecular flexibility index (Phi) is 7.33. The summed E-state index contributed by atoms with van der Waals surface area (Å²) in [4.78, 5) is 32.0. The first-order chi connectivity index (χ1) is 16.8. The van der Waals surface area contributed by atoms with Gasteiger partial charge in [-0.15, -0.1) is 0 Å². The molecule has 1 aliphatic rings. The number of pyridine rings is 1. The zero-order chi connectivity index (χ0) is 24.8. The fourth-order valence-electron chi connectivity index (χ4n) is 4.03. The number of piperidine rings is 1. The molecule has 0 bridgehead atoms. The van der Waals surface area contributed by atoms with Crippen LogP contribution >= 0.6 is 0 Å². The molecule has 0 radical (unpaired) electrons. The Morgan fingerprint density at radius 3 is 2.46 bits per heavy atom. The van der Waals surface area contributed by atoms with E-state index in [0.717, 1.165) is 55.7 Å². The normalized spacial score (nSPS) is 13.9. The van der Waals surface area contributed by atoms with E-state index in [4.69, 9.17) is 0 Å². The number of carbonyl (C=O) groups excluding carboxylic acids is 2. The molecule has 6 nitrogen and oxygen atoms in total. The van der Waals surface area contributed by atoms with Gasteiger partial charge in [-0.3, -0.25) is 14.6 Å². The van der Waals surface area contributed by atoms with Gasteiger partial charge in [0.25, 0.3) is 11.8 Å². The molecule has 0 atom stereocenters. The largest absolute Gasteiger partial charge is 0.416 e. The summed E-state index contributed by atoms with van der Waals surface area (Å²) in [5, 5.41) is 5.51. The van der Waals surface area contributed by atoms with Gasteiger partial charge in [0.1, 0.15) is 0 Å². The lowest BCUT2D eigenvalue weighted by molar-refractivity contribution is -0.137. The fourth-order valence-corrected chi connectivity index (χ4v) is 4.03. The zero-order valence-corrected chi connectivity index (χ0v) is 18.9. The zero-order valence-electron chi connectivity index (χ0n) is 18.9. The van der Waals surface area contributed by atoms with Crippen LogP contribution in [0.15, 0.2) is 67.0 Å². The van der Waals surface area contributed by atoms with Crippen LogP contribution < -0.4 is 15.5 Å². The smallest absolute Gasteiger partial charge is 0.371 e. The Labute approximate surface area is 201 Å². The second-order valence-corrected chi connectivity index (χ2v) is 8.36. The maximum atomic E-state index is 13.1. The van der Waals surface area contributed by atoms with Gasteiger partial charge in [0, 0.05) is 49.0 Å². The van der Waals surface area contributed by atoms with Crippen molar-refractivity contribution in [2.45, 2.75) is 32.0 Å². The Hall–Kier alpha value is -3.88. The standard InChI is InChI=1S/C26H25F3N4O2/c27-26(28,29)20-8-4-7-19(14-20)24(34)32-21-9-10-23(33-12-2-1-3-13-33)22(15-21)25(35)31-17-18-6-5-11-30-16-18/h4-11,14-16H,1-3,12-13,17H2,(H,31,35)(H,32,34). The number of carbonyl (C=O) groups is 2. The highest BCUT2D eigenvalue weighted by Gasteiger charge is 2.31. The molecule has 1 aromatic heterocycles. The molecule has 2 heterocycles. The minimum atomic E-state index is -4.55. The monoisotopic (exact) mass is 482 g/mol. The Morgan fingerprint density at radius 1 is 0.943 bits per heavy atom. The van der Waals surface area contributed by atoms with Crippen LogP contribution in [0.4, 0.5) is 24.5 Å². The summed E-state index contributed by atoms with van der Waals surface area (Å²) >= 11 is 0. The molecule has 35 heavy (non-hydrogen) atoms. The molecule has 0 aliphatic carbocycles. The number of nitrogens with zero attached hydrogens (tertiary/aromatic N) is 2. The number of halogens is 3. The second kappa shape index (κ2) is 10.6. The van der Waals surface area contributed by atoms with Gasteiger partial charge in [-0.05, 0) is 67.3 Å². The summed E-state index contributed by atoms with van der Waals surface area (Å²) in [6.45, 7) is 1.92.